The number of amides is 4. The molecule has 0 aromatic heterocycles. The number of carboxylic acids is 2. The van der Waals surface area contributed by atoms with E-state index in [1.807, 2.05) is 140 Å². The number of carboxylic acid groups (broad SMARTS) is 2. The molecule has 0 bridgehead atoms. The number of hydrogen-bond donors (Lipinski definition) is 6. The van der Waals surface area contributed by atoms with E-state index < -0.39 is 72.1 Å². The molecule has 0 radical (unpaired) electrons. The monoisotopic (exact) mass is 969 g/mol. The fourth-order valence-electron chi connectivity index (χ4n) is 7.47. The van der Waals surface area contributed by atoms with Gasteiger partial charge in [0.05, 0.1) is 0 Å². The van der Waals surface area contributed by atoms with E-state index in [9.17, 15) is 38.4 Å². The molecule has 380 valence electrons. The molecule has 2 aliphatic rings. The zero-order chi connectivity index (χ0) is 52.6. The number of urea groups is 2. The third-order valence-corrected chi connectivity index (χ3v) is 11.3. The van der Waals surface area contributed by atoms with Gasteiger partial charge >= 0.3 is 35.9 Å². The molecule has 0 aliphatic heterocycles. The molecule has 2 aliphatic carbocycles. The molecule has 0 aromatic rings. The van der Waals surface area contributed by atoms with Crippen LogP contribution in [0, 0.1) is 10.8 Å². The molecule has 2 rings (SSSR count). The SMILES string of the molecule is CC1=C(/C=C/C(C)=C/C=C/C(C)=C/C=C/C=C(C)/C=C/C=C(C)/C=C/C2=C(C)C(=O)[C@@H](OC(=O)CNC(=O)NCCCC(=O)O)CC2(C)C)C(C)(C)C[C@H](OC(=O)CNC(=O)NCCCC(=O)O)C1=O. The van der Waals surface area contributed by atoms with Crippen molar-refractivity contribution in [3.05, 3.63) is 130 Å². The zero-order valence-corrected chi connectivity index (χ0v) is 42.3. The van der Waals surface area contributed by atoms with Gasteiger partial charge in [-0.15, -0.1) is 0 Å². The molecule has 0 saturated heterocycles. The normalized spacial score (nSPS) is 19.2. The zero-order valence-electron chi connectivity index (χ0n) is 42.3. The summed E-state index contributed by atoms with van der Waals surface area (Å²) in [6.45, 7) is 18.7. The number of ether oxygens (including phenoxy) is 2. The van der Waals surface area contributed by atoms with Gasteiger partial charge in [0.15, 0.2) is 23.8 Å². The number of aliphatic carboxylic acids is 2. The summed E-state index contributed by atoms with van der Waals surface area (Å²) in [6.07, 6.45) is 26.4. The lowest BCUT2D eigenvalue weighted by atomic mass is 9.71. The van der Waals surface area contributed by atoms with E-state index in [0.717, 1.165) is 33.4 Å². The van der Waals surface area contributed by atoms with Crippen molar-refractivity contribution in [2.75, 3.05) is 26.2 Å². The van der Waals surface area contributed by atoms with Gasteiger partial charge in [-0.2, -0.15) is 0 Å². The van der Waals surface area contributed by atoms with Crippen LogP contribution in [0.5, 0.6) is 0 Å². The van der Waals surface area contributed by atoms with Crippen molar-refractivity contribution in [1.82, 2.24) is 21.3 Å². The number of carbonyl (C=O) groups excluding carboxylic acids is 6. The minimum absolute atomic E-state index is 0.0879. The largest absolute Gasteiger partial charge is 0.481 e. The van der Waals surface area contributed by atoms with Crippen molar-refractivity contribution in [2.45, 2.75) is 120 Å². The third-order valence-electron chi connectivity index (χ3n) is 11.3. The standard InChI is InChI=1S/C54H72N4O12/c1-35(19-13-21-37(3)25-27-41-39(5)49(65)43(31-53(41,7)8)69-47(63)33-57-51(67)55-29-15-23-45(59)60)17-11-12-18-36(2)20-14-22-38(4)26-28-42-40(6)50(66)44(32-54(42,9)10)70-48(64)34-58-52(68)56-30-16-24-46(61)62/h11-14,17-22,25-28,43-44H,15-16,23-24,29-34H2,1-10H3,(H,59,60)(H,61,62)(H2,55,57,67)(H2,56,58,68)/b12-11+,19-13+,20-14+,27-25+,28-26+,35-17+,36-18+,37-21+,38-22+/t43-,44-/m0/s1. The summed E-state index contributed by atoms with van der Waals surface area (Å²) in [5.74, 6) is -4.02. The van der Waals surface area contributed by atoms with Crippen LogP contribution < -0.4 is 21.3 Å². The van der Waals surface area contributed by atoms with Crippen LogP contribution in [0.1, 0.15) is 108 Å². The van der Waals surface area contributed by atoms with Crippen molar-refractivity contribution in [1.29, 1.82) is 0 Å². The number of carbonyl (C=O) groups is 8. The average Bonchev–Trinajstić information content (AvgIpc) is 3.27. The van der Waals surface area contributed by atoms with Gasteiger partial charge in [-0.25, -0.2) is 9.59 Å². The Bertz CT molecular complexity index is 2170. The van der Waals surface area contributed by atoms with Crippen molar-refractivity contribution in [3.8, 4) is 0 Å². The van der Waals surface area contributed by atoms with Crippen LogP contribution in [0.3, 0.4) is 0 Å². The lowest BCUT2D eigenvalue weighted by Gasteiger charge is -2.36. The first-order valence-corrected chi connectivity index (χ1v) is 23.3. The number of nitrogens with one attached hydrogen (secondary N) is 4. The van der Waals surface area contributed by atoms with Gasteiger partial charge in [0, 0.05) is 38.8 Å². The van der Waals surface area contributed by atoms with E-state index in [4.69, 9.17) is 19.7 Å². The highest BCUT2D eigenvalue weighted by atomic mass is 16.6. The van der Waals surface area contributed by atoms with E-state index in [2.05, 4.69) is 21.3 Å². The van der Waals surface area contributed by atoms with Crippen molar-refractivity contribution < 1.29 is 58.0 Å². The van der Waals surface area contributed by atoms with E-state index >= 15 is 0 Å². The molecule has 0 heterocycles. The highest BCUT2D eigenvalue weighted by molar-refractivity contribution is 6.02. The van der Waals surface area contributed by atoms with Crippen molar-refractivity contribution in [2.24, 2.45) is 10.8 Å². The van der Waals surface area contributed by atoms with E-state index in [1.165, 1.54) is 0 Å². The summed E-state index contributed by atoms with van der Waals surface area (Å²) in [4.78, 5) is 96.3. The van der Waals surface area contributed by atoms with Gasteiger partial charge in [0.2, 0.25) is 0 Å². The fourth-order valence-corrected chi connectivity index (χ4v) is 7.47. The van der Waals surface area contributed by atoms with E-state index in [-0.39, 0.29) is 63.2 Å². The third kappa shape index (κ3) is 21.9. The molecule has 0 fully saturated rings. The summed E-state index contributed by atoms with van der Waals surface area (Å²) in [7, 11) is 0. The Labute approximate surface area is 412 Å². The number of Topliss-reactive ketones (excluding diaryl/α,β-unsaturated/α-hetero) is 2. The lowest BCUT2D eigenvalue weighted by Crippen LogP contribution is -2.43. The number of esters is 2. The van der Waals surface area contributed by atoms with Gasteiger partial charge in [-0.1, -0.05) is 135 Å². The van der Waals surface area contributed by atoms with E-state index in [0.29, 0.717) is 11.1 Å². The summed E-state index contributed by atoms with van der Waals surface area (Å²) >= 11 is 0. The Morgan fingerprint density at radius 1 is 0.543 bits per heavy atom. The number of allylic oxidation sites excluding steroid dienone is 20. The van der Waals surface area contributed by atoms with Crippen molar-refractivity contribution in [3.63, 3.8) is 0 Å². The van der Waals surface area contributed by atoms with Gasteiger partial charge in [0.1, 0.15) is 13.1 Å². The average molecular weight is 969 g/mol. The minimum Gasteiger partial charge on any atom is -0.481 e. The first-order valence-electron chi connectivity index (χ1n) is 23.3. The number of rotatable bonds is 24. The Hall–Kier alpha value is -7.10. The topological polar surface area (TPSA) is 244 Å². The number of hydrogen-bond acceptors (Lipinski definition) is 10. The second-order valence-electron chi connectivity index (χ2n) is 18.6. The fraction of sp³-hybridized carbons (Fsp3) is 0.444. The molecule has 4 amide bonds. The summed E-state index contributed by atoms with van der Waals surface area (Å²) in [6, 6.07) is -1.27. The maximum Gasteiger partial charge on any atom is 0.326 e. The summed E-state index contributed by atoms with van der Waals surface area (Å²) in [5.41, 5.74) is 5.74. The van der Waals surface area contributed by atoms with E-state index in [1.54, 1.807) is 13.8 Å². The van der Waals surface area contributed by atoms with Crippen LogP contribution in [-0.4, -0.2) is 96.1 Å². The van der Waals surface area contributed by atoms with Gasteiger partial charge in [0.25, 0.3) is 0 Å². The predicted molar refractivity (Wildman–Crippen MR) is 269 cm³/mol. The second kappa shape index (κ2) is 29.0. The number of ketones is 2. The van der Waals surface area contributed by atoms with Crippen LogP contribution in [0.25, 0.3) is 0 Å². The second-order valence-corrected chi connectivity index (χ2v) is 18.6. The lowest BCUT2D eigenvalue weighted by molar-refractivity contribution is -0.155. The first kappa shape index (κ1) is 59.0. The Kier molecular flexibility index (Phi) is 24.5. The molecule has 70 heavy (non-hydrogen) atoms. The molecular weight excluding hydrogens is 897 g/mol. The van der Waals surface area contributed by atoms with Crippen LogP contribution in [0.4, 0.5) is 9.59 Å². The van der Waals surface area contributed by atoms with Crippen LogP contribution in [0.2, 0.25) is 0 Å². The van der Waals surface area contributed by atoms with Gasteiger partial charge < -0.3 is 41.0 Å². The first-order chi connectivity index (χ1) is 32.8. The molecule has 0 aromatic carbocycles. The highest BCUT2D eigenvalue weighted by Crippen LogP contribution is 2.42. The molecular formula is C54H72N4O12. The van der Waals surface area contributed by atoms with Crippen LogP contribution in [-0.2, 0) is 38.2 Å². The molecule has 16 heteroatoms. The Morgan fingerprint density at radius 2 is 0.871 bits per heavy atom. The Morgan fingerprint density at radius 3 is 1.21 bits per heavy atom. The van der Waals surface area contributed by atoms with Gasteiger partial charge in [-0.3, -0.25) is 28.8 Å². The molecule has 16 nitrogen and oxygen atoms in total. The van der Waals surface area contributed by atoms with Gasteiger partial charge in [-0.05, 0) is 87.5 Å². The van der Waals surface area contributed by atoms with Crippen LogP contribution >= 0.6 is 0 Å². The molecule has 0 spiro atoms. The molecule has 6 N–H and O–H groups in total. The predicted octanol–water partition coefficient (Wildman–Crippen LogP) is 8.34. The maximum atomic E-state index is 13.2. The van der Waals surface area contributed by atoms with Crippen molar-refractivity contribution >= 4 is 47.5 Å². The molecule has 0 unspecified atom stereocenters. The summed E-state index contributed by atoms with van der Waals surface area (Å²) in [5, 5.41) is 27.0. The van der Waals surface area contributed by atoms with Crippen LogP contribution in [0.15, 0.2) is 130 Å². The summed E-state index contributed by atoms with van der Waals surface area (Å²) < 4.78 is 10.9. The molecule has 0 saturated carbocycles. The smallest absolute Gasteiger partial charge is 0.326 e. The minimum atomic E-state index is -0.980. The molecule has 2 atom stereocenters. The Balaban J connectivity index is 1.91. The quantitative estimate of drug-likeness (QED) is 0.0304. The highest BCUT2D eigenvalue weighted by Gasteiger charge is 2.41. The maximum absolute atomic E-state index is 13.2.